The molecule has 4 nitrogen and oxygen atoms in total. The molecule has 0 bridgehead atoms. The molecule has 5 heteroatoms. The van der Waals surface area contributed by atoms with Crippen LogP contribution in [0.15, 0.2) is 29.2 Å². The largest absolute Gasteiger partial charge is 0.497 e. The minimum absolute atomic E-state index is 0.0547. The lowest BCUT2D eigenvalue weighted by molar-refractivity contribution is 0.415. The van der Waals surface area contributed by atoms with E-state index < -0.39 is 10.8 Å². The van der Waals surface area contributed by atoms with E-state index in [-0.39, 0.29) is 11.2 Å². The average molecular weight is 265 g/mol. The van der Waals surface area contributed by atoms with Crippen molar-refractivity contribution in [2.45, 2.75) is 5.75 Å². The van der Waals surface area contributed by atoms with Crippen LogP contribution in [0.2, 0.25) is 0 Å². The van der Waals surface area contributed by atoms with Crippen LogP contribution in [0.3, 0.4) is 0 Å². The molecule has 1 aromatic carbocycles. The minimum Gasteiger partial charge on any atom is -0.497 e. The number of rotatable bonds is 3. The van der Waals surface area contributed by atoms with Crippen molar-refractivity contribution in [2.75, 3.05) is 13.4 Å². The SMILES string of the molecule is COc1ccc2c(=O)c(CS(C)=O)cn(C)c2c1. The van der Waals surface area contributed by atoms with Gasteiger partial charge in [-0.15, -0.1) is 0 Å². The second-order valence-electron chi connectivity index (χ2n) is 4.19. The van der Waals surface area contributed by atoms with E-state index in [0.717, 1.165) is 5.52 Å². The summed E-state index contributed by atoms with van der Waals surface area (Å²) in [4.78, 5) is 12.2. The van der Waals surface area contributed by atoms with Crippen molar-refractivity contribution in [1.82, 2.24) is 4.57 Å². The molecular formula is C13H15NO3S. The quantitative estimate of drug-likeness (QED) is 0.843. The van der Waals surface area contributed by atoms with Crippen molar-refractivity contribution in [3.8, 4) is 5.75 Å². The van der Waals surface area contributed by atoms with Gasteiger partial charge in [-0.25, -0.2) is 0 Å². The second kappa shape index (κ2) is 4.94. The van der Waals surface area contributed by atoms with Gasteiger partial charge < -0.3 is 9.30 Å². The van der Waals surface area contributed by atoms with Crippen molar-refractivity contribution in [3.63, 3.8) is 0 Å². The van der Waals surface area contributed by atoms with Gasteiger partial charge in [0.25, 0.3) is 0 Å². The number of pyridine rings is 1. The lowest BCUT2D eigenvalue weighted by Crippen LogP contribution is -2.14. The van der Waals surface area contributed by atoms with Crippen molar-refractivity contribution in [3.05, 3.63) is 40.2 Å². The number of ether oxygens (including phenoxy) is 1. The van der Waals surface area contributed by atoms with Gasteiger partial charge in [0.1, 0.15) is 5.75 Å². The molecule has 0 saturated carbocycles. The summed E-state index contributed by atoms with van der Waals surface area (Å²) in [5, 5.41) is 0.626. The third-order valence-corrected chi connectivity index (χ3v) is 3.55. The Morgan fingerprint density at radius 2 is 2.11 bits per heavy atom. The molecule has 0 aliphatic heterocycles. The summed E-state index contributed by atoms with van der Waals surface area (Å²) >= 11 is 0. The van der Waals surface area contributed by atoms with Crippen LogP contribution < -0.4 is 10.2 Å². The van der Waals surface area contributed by atoms with Gasteiger partial charge in [-0.2, -0.15) is 0 Å². The van der Waals surface area contributed by atoms with Crippen LogP contribution >= 0.6 is 0 Å². The maximum atomic E-state index is 12.2. The van der Waals surface area contributed by atoms with Crippen LogP contribution in [0.4, 0.5) is 0 Å². The van der Waals surface area contributed by atoms with Gasteiger partial charge in [-0.3, -0.25) is 9.00 Å². The van der Waals surface area contributed by atoms with Gasteiger partial charge in [0.2, 0.25) is 0 Å². The van der Waals surface area contributed by atoms with E-state index in [1.54, 1.807) is 31.7 Å². The van der Waals surface area contributed by atoms with E-state index in [1.165, 1.54) is 0 Å². The summed E-state index contributed by atoms with van der Waals surface area (Å²) in [5.41, 5.74) is 1.34. The Kier molecular flexibility index (Phi) is 3.52. The Morgan fingerprint density at radius 1 is 1.39 bits per heavy atom. The number of hydrogen-bond acceptors (Lipinski definition) is 3. The summed E-state index contributed by atoms with van der Waals surface area (Å²) in [6.45, 7) is 0. The second-order valence-corrected chi connectivity index (χ2v) is 5.63. The lowest BCUT2D eigenvalue weighted by atomic mass is 10.1. The molecule has 1 aromatic heterocycles. The molecule has 1 atom stereocenters. The highest BCUT2D eigenvalue weighted by Gasteiger charge is 2.09. The number of methoxy groups -OCH3 is 1. The number of hydrogen-bond donors (Lipinski definition) is 0. The molecule has 0 N–H and O–H groups in total. The molecule has 0 fully saturated rings. The van der Waals surface area contributed by atoms with E-state index >= 15 is 0 Å². The fourth-order valence-electron chi connectivity index (χ4n) is 1.98. The summed E-state index contributed by atoms with van der Waals surface area (Å²) < 4.78 is 18.3. The van der Waals surface area contributed by atoms with Crippen molar-refractivity contribution in [2.24, 2.45) is 7.05 Å². The molecule has 0 amide bonds. The fourth-order valence-corrected chi connectivity index (χ4v) is 2.62. The van der Waals surface area contributed by atoms with E-state index in [2.05, 4.69) is 0 Å². The van der Waals surface area contributed by atoms with Crippen LogP contribution in [0.5, 0.6) is 5.75 Å². The molecule has 0 spiro atoms. The van der Waals surface area contributed by atoms with Gasteiger partial charge in [0.15, 0.2) is 5.43 Å². The molecule has 18 heavy (non-hydrogen) atoms. The van der Waals surface area contributed by atoms with Crippen LogP contribution in [0.1, 0.15) is 5.56 Å². The molecule has 0 aliphatic rings. The topological polar surface area (TPSA) is 48.3 Å². The van der Waals surface area contributed by atoms with E-state index in [0.29, 0.717) is 16.7 Å². The van der Waals surface area contributed by atoms with Gasteiger partial charge in [-0.1, -0.05) is 0 Å². The van der Waals surface area contributed by atoms with E-state index in [1.807, 2.05) is 17.7 Å². The predicted molar refractivity (Wildman–Crippen MR) is 73.5 cm³/mol. The van der Waals surface area contributed by atoms with Crippen molar-refractivity contribution in [1.29, 1.82) is 0 Å². The molecule has 0 aliphatic carbocycles. The minimum atomic E-state index is -1.02. The maximum Gasteiger partial charge on any atom is 0.193 e. The first-order valence-electron chi connectivity index (χ1n) is 5.49. The Labute approximate surface area is 108 Å². The number of aromatic nitrogens is 1. The van der Waals surface area contributed by atoms with Crippen LogP contribution in [0, 0.1) is 0 Å². The summed E-state index contributed by atoms with van der Waals surface area (Å²) in [7, 11) is 2.43. The third kappa shape index (κ3) is 2.31. The highest BCUT2D eigenvalue weighted by atomic mass is 32.2. The van der Waals surface area contributed by atoms with Gasteiger partial charge in [0, 0.05) is 47.3 Å². The van der Waals surface area contributed by atoms with Crippen molar-refractivity contribution >= 4 is 21.7 Å². The zero-order chi connectivity index (χ0) is 13.3. The van der Waals surface area contributed by atoms with Crippen molar-refractivity contribution < 1.29 is 8.95 Å². The first-order valence-corrected chi connectivity index (χ1v) is 7.22. The Morgan fingerprint density at radius 3 is 2.72 bits per heavy atom. The Balaban J connectivity index is 2.72. The molecule has 1 heterocycles. The van der Waals surface area contributed by atoms with E-state index in [9.17, 15) is 9.00 Å². The molecule has 2 aromatic rings. The molecule has 0 radical (unpaired) electrons. The highest BCUT2D eigenvalue weighted by molar-refractivity contribution is 7.83. The summed E-state index contributed by atoms with van der Waals surface area (Å²) in [6.07, 6.45) is 3.34. The molecule has 1 unspecified atom stereocenters. The maximum absolute atomic E-state index is 12.2. The van der Waals surface area contributed by atoms with Crippen LogP contribution in [-0.2, 0) is 23.6 Å². The molecule has 0 saturated heterocycles. The highest BCUT2D eigenvalue weighted by Crippen LogP contribution is 2.18. The number of benzene rings is 1. The zero-order valence-corrected chi connectivity index (χ0v) is 11.4. The van der Waals surface area contributed by atoms with Gasteiger partial charge >= 0.3 is 0 Å². The summed E-state index contributed by atoms with van der Waals surface area (Å²) in [6, 6.07) is 5.33. The molecule has 2 rings (SSSR count). The smallest absolute Gasteiger partial charge is 0.193 e. The van der Waals surface area contributed by atoms with Crippen LogP contribution in [-0.4, -0.2) is 22.1 Å². The average Bonchev–Trinajstić information content (AvgIpc) is 2.34. The number of aryl methyl sites for hydroxylation is 1. The van der Waals surface area contributed by atoms with Gasteiger partial charge in [0.05, 0.1) is 18.4 Å². The molecular weight excluding hydrogens is 250 g/mol. The lowest BCUT2D eigenvalue weighted by Gasteiger charge is -2.09. The molecule has 96 valence electrons. The first-order chi connectivity index (χ1) is 8.52. The monoisotopic (exact) mass is 265 g/mol. The Hall–Kier alpha value is -1.62. The number of fused-ring (bicyclic) bond motifs is 1. The van der Waals surface area contributed by atoms with Gasteiger partial charge in [-0.05, 0) is 12.1 Å². The number of nitrogens with zero attached hydrogens (tertiary/aromatic N) is 1. The predicted octanol–water partition coefficient (Wildman–Crippen LogP) is 1.43. The Bertz CT molecular complexity index is 676. The van der Waals surface area contributed by atoms with Crippen LogP contribution in [0.25, 0.3) is 10.9 Å². The fraction of sp³-hybridized carbons (Fsp3) is 0.308. The summed E-state index contributed by atoms with van der Waals surface area (Å²) in [5.74, 6) is 0.999. The first kappa shape index (κ1) is 12.8. The van der Waals surface area contributed by atoms with E-state index in [4.69, 9.17) is 4.74 Å². The standard InChI is InChI=1S/C13H15NO3S/c1-14-7-9(8-18(3)16)13(15)11-5-4-10(17-2)6-12(11)14/h4-7H,8H2,1-3H3. The third-order valence-electron chi connectivity index (χ3n) is 2.83. The normalized spacial score (nSPS) is 12.6. The zero-order valence-electron chi connectivity index (χ0n) is 10.6.